The van der Waals surface area contributed by atoms with Gasteiger partial charge in [0.2, 0.25) is 0 Å². The highest BCUT2D eigenvalue weighted by atomic mass is 79.9. The Labute approximate surface area is 144 Å². The molecule has 0 fully saturated rings. The van der Waals surface area contributed by atoms with Crippen LogP contribution in [0.15, 0.2) is 82.6 Å². The van der Waals surface area contributed by atoms with E-state index in [9.17, 15) is 10.5 Å². The molecule has 1 aliphatic rings. The third-order valence-electron chi connectivity index (χ3n) is 3.79. The van der Waals surface area contributed by atoms with E-state index < -0.39 is 6.89 Å². The van der Waals surface area contributed by atoms with E-state index in [4.69, 9.17) is 0 Å². The third kappa shape index (κ3) is 2.49. The monoisotopic (exact) mass is 378 g/mol. The van der Waals surface area contributed by atoms with Crippen LogP contribution in [0.4, 0.5) is 0 Å². The van der Waals surface area contributed by atoms with Gasteiger partial charge in [-0.05, 0) is 22.8 Å². The first-order chi connectivity index (χ1) is 11.2. The number of nitriles is 2. The minimum absolute atomic E-state index is 0.640. The normalized spacial score (nSPS) is 15.9. The van der Waals surface area contributed by atoms with Gasteiger partial charge in [-0.2, -0.15) is 10.5 Å². The molecule has 0 radical (unpaired) electrons. The molecule has 23 heavy (non-hydrogen) atoms. The lowest BCUT2D eigenvalue weighted by molar-refractivity contribution is 1.52. The summed E-state index contributed by atoms with van der Waals surface area (Å²) in [6, 6.07) is 24.5. The fraction of sp³-hybridized carbons (Fsp3) is 0. The molecule has 0 unspecified atom stereocenters. The third-order valence-corrected chi connectivity index (χ3v) is 8.29. The molecule has 0 N–H and O–H groups in total. The Morgan fingerprint density at radius 2 is 1.26 bits per heavy atom. The maximum atomic E-state index is 9.82. The molecule has 0 aromatic heterocycles. The molecule has 0 amide bonds. The Kier molecular flexibility index (Phi) is 4.35. The summed E-state index contributed by atoms with van der Waals surface area (Å²) in [5.41, 5.74) is 0. The maximum Gasteiger partial charge on any atom is 0.100 e. The molecular formula is C19H12BrN2P. The van der Waals surface area contributed by atoms with E-state index in [1.807, 2.05) is 72.8 Å². The average Bonchev–Trinajstić information content (AvgIpc) is 2.62. The van der Waals surface area contributed by atoms with Crippen molar-refractivity contribution in [3.63, 3.8) is 0 Å². The molecule has 110 valence electrons. The Hall–Kier alpha value is -2.32. The summed E-state index contributed by atoms with van der Waals surface area (Å²) < 4.78 is 0.757. The number of halogens is 1. The Morgan fingerprint density at radius 3 is 1.70 bits per heavy atom. The van der Waals surface area contributed by atoms with Gasteiger partial charge in [0.1, 0.15) is 12.1 Å². The van der Waals surface area contributed by atoms with Crippen LogP contribution in [-0.2, 0) is 0 Å². The molecule has 0 atom stereocenters. The van der Waals surface area contributed by atoms with Crippen LogP contribution in [0.5, 0.6) is 0 Å². The second-order valence-corrected chi connectivity index (χ2v) is 9.26. The van der Waals surface area contributed by atoms with E-state index in [1.54, 1.807) is 0 Å². The quantitative estimate of drug-likeness (QED) is 0.740. The molecule has 0 spiro atoms. The van der Waals surface area contributed by atoms with E-state index in [0.29, 0.717) is 10.6 Å². The van der Waals surface area contributed by atoms with Crippen molar-refractivity contribution in [3.05, 3.63) is 82.6 Å². The van der Waals surface area contributed by atoms with Gasteiger partial charge in [0.25, 0.3) is 0 Å². The summed E-state index contributed by atoms with van der Waals surface area (Å²) in [5.74, 6) is 0. The molecule has 2 aromatic carbocycles. The van der Waals surface area contributed by atoms with Crippen molar-refractivity contribution in [2.24, 2.45) is 0 Å². The summed E-state index contributed by atoms with van der Waals surface area (Å²) in [6.45, 7) is -2.40. The van der Waals surface area contributed by atoms with Crippen LogP contribution in [0.2, 0.25) is 0 Å². The van der Waals surface area contributed by atoms with Crippen molar-refractivity contribution < 1.29 is 0 Å². The number of hydrogen-bond acceptors (Lipinski definition) is 2. The first-order valence-electron chi connectivity index (χ1n) is 7.01. The summed E-state index contributed by atoms with van der Waals surface area (Å²) in [6.07, 6.45) is 3.68. The molecule has 3 rings (SSSR count). The largest absolute Gasteiger partial charge is 0.192 e. The van der Waals surface area contributed by atoms with Gasteiger partial charge in [-0.25, -0.2) is 0 Å². The first-order valence-corrected chi connectivity index (χ1v) is 9.59. The van der Waals surface area contributed by atoms with Crippen LogP contribution in [0.25, 0.3) is 0 Å². The van der Waals surface area contributed by atoms with Crippen LogP contribution >= 0.6 is 22.8 Å². The SMILES string of the molecule is N#CC1=CC(Br)=CC(C#N)=P1(c1ccccc1)c1ccccc1. The molecule has 0 aliphatic carbocycles. The lowest BCUT2D eigenvalue weighted by Gasteiger charge is -2.30. The molecule has 2 aromatic rings. The fourth-order valence-corrected chi connectivity index (χ4v) is 7.54. The standard InChI is InChI=1S/C19H12BrN2P/c20-15-11-18(13-21)23(19(12-15)14-22,16-7-3-1-4-8-16)17-9-5-2-6-10-17/h1-12H. The molecule has 1 heterocycles. The summed E-state index contributed by atoms with van der Waals surface area (Å²) in [5, 5.41) is 23.0. The number of allylic oxidation sites excluding steroid dienone is 4. The van der Waals surface area contributed by atoms with Gasteiger partial charge in [-0.15, -0.1) is 0 Å². The zero-order valence-electron chi connectivity index (χ0n) is 12.1. The van der Waals surface area contributed by atoms with Gasteiger partial charge in [-0.3, -0.25) is 0 Å². The highest BCUT2D eigenvalue weighted by Crippen LogP contribution is 2.56. The molecule has 0 saturated carbocycles. The lowest BCUT2D eigenvalue weighted by Crippen LogP contribution is -2.23. The lowest BCUT2D eigenvalue weighted by atomic mass is 10.3. The molecular weight excluding hydrogens is 367 g/mol. The summed E-state index contributed by atoms with van der Waals surface area (Å²) in [4.78, 5) is 0. The van der Waals surface area contributed by atoms with E-state index in [1.165, 1.54) is 0 Å². The highest BCUT2D eigenvalue weighted by molar-refractivity contribution is 9.11. The van der Waals surface area contributed by atoms with Gasteiger partial charge in [0.05, 0.1) is 10.6 Å². The summed E-state index contributed by atoms with van der Waals surface area (Å²) in [7, 11) is 0. The Balaban J connectivity index is 2.55. The zero-order valence-corrected chi connectivity index (χ0v) is 14.6. The Bertz CT molecular complexity index is 899. The van der Waals surface area contributed by atoms with E-state index in [2.05, 4.69) is 28.1 Å². The average molecular weight is 379 g/mol. The van der Waals surface area contributed by atoms with Gasteiger partial charge in [-0.1, -0.05) is 76.6 Å². The van der Waals surface area contributed by atoms with E-state index in [0.717, 1.165) is 15.1 Å². The number of hydrogen-bond donors (Lipinski definition) is 0. The van der Waals surface area contributed by atoms with E-state index in [-0.39, 0.29) is 0 Å². The molecule has 2 nitrogen and oxygen atoms in total. The maximum absolute atomic E-state index is 9.82. The van der Waals surface area contributed by atoms with Crippen molar-refractivity contribution in [1.29, 1.82) is 10.5 Å². The number of benzene rings is 2. The molecule has 0 saturated heterocycles. The zero-order chi connectivity index (χ0) is 16.3. The molecule has 4 heteroatoms. The summed E-state index contributed by atoms with van der Waals surface area (Å²) >= 11 is 3.43. The predicted octanol–water partition coefficient (Wildman–Crippen LogP) is 4.05. The van der Waals surface area contributed by atoms with Gasteiger partial charge < -0.3 is 0 Å². The highest BCUT2D eigenvalue weighted by Gasteiger charge is 2.33. The number of rotatable bonds is 2. The molecule has 0 bridgehead atoms. The van der Waals surface area contributed by atoms with Crippen LogP contribution in [-0.4, -0.2) is 5.29 Å². The van der Waals surface area contributed by atoms with Gasteiger partial charge >= 0.3 is 0 Å². The van der Waals surface area contributed by atoms with Crippen LogP contribution in [0.1, 0.15) is 0 Å². The van der Waals surface area contributed by atoms with Crippen molar-refractivity contribution in [2.45, 2.75) is 0 Å². The topological polar surface area (TPSA) is 47.6 Å². The van der Waals surface area contributed by atoms with Crippen molar-refractivity contribution in [2.75, 3.05) is 0 Å². The van der Waals surface area contributed by atoms with Crippen LogP contribution in [0, 0.1) is 22.7 Å². The first kappa shape index (κ1) is 15.6. The minimum atomic E-state index is -2.40. The van der Waals surface area contributed by atoms with Crippen LogP contribution in [0.3, 0.4) is 0 Å². The second kappa shape index (κ2) is 6.43. The fourth-order valence-electron chi connectivity index (χ4n) is 2.85. The minimum Gasteiger partial charge on any atom is -0.192 e. The number of nitrogens with zero attached hydrogens (tertiary/aromatic N) is 2. The molecule has 1 aliphatic heterocycles. The smallest absolute Gasteiger partial charge is 0.100 e. The van der Waals surface area contributed by atoms with Crippen molar-refractivity contribution >= 4 is 38.7 Å². The van der Waals surface area contributed by atoms with Crippen molar-refractivity contribution in [1.82, 2.24) is 0 Å². The second-order valence-electron chi connectivity index (χ2n) is 5.01. The van der Waals surface area contributed by atoms with Gasteiger partial charge in [0.15, 0.2) is 0 Å². The Morgan fingerprint density at radius 1 is 0.739 bits per heavy atom. The van der Waals surface area contributed by atoms with E-state index >= 15 is 0 Å². The van der Waals surface area contributed by atoms with Gasteiger partial charge in [0, 0.05) is 11.4 Å². The van der Waals surface area contributed by atoms with Crippen LogP contribution < -0.4 is 10.6 Å². The van der Waals surface area contributed by atoms with Crippen molar-refractivity contribution in [3.8, 4) is 12.1 Å². The predicted molar refractivity (Wildman–Crippen MR) is 100 cm³/mol.